The molecular weight excluding hydrogens is 274 g/mol. The minimum Gasteiger partial charge on any atom is -0.383 e. The van der Waals surface area contributed by atoms with E-state index >= 15 is 0 Å². The van der Waals surface area contributed by atoms with Crippen LogP contribution in [-0.2, 0) is 5.41 Å². The Morgan fingerprint density at radius 1 is 1.10 bits per heavy atom. The second-order valence-corrected chi connectivity index (χ2v) is 5.88. The Hall–Kier alpha value is -2.24. The van der Waals surface area contributed by atoms with Crippen LogP contribution in [-0.4, -0.2) is 9.97 Å². The molecule has 2 aromatic rings. The Labute approximate surface area is 122 Å². The number of hydrogen-bond donors (Lipinski definition) is 2. The average Bonchev–Trinajstić information content (AvgIpc) is 2.37. The lowest BCUT2D eigenvalue weighted by atomic mass is 9.95. The number of hydrogen-bond acceptors (Lipinski definition) is 4. The van der Waals surface area contributed by atoms with Crippen molar-refractivity contribution in [2.24, 2.45) is 0 Å². The minimum absolute atomic E-state index is 0.251. The quantitative estimate of drug-likeness (QED) is 0.886. The number of anilines is 3. The summed E-state index contributed by atoms with van der Waals surface area (Å²) in [6.07, 6.45) is 0. The number of para-hydroxylation sites is 1. The van der Waals surface area contributed by atoms with Crippen LogP contribution in [0, 0.1) is 18.6 Å². The highest BCUT2D eigenvalue weighted by Gasteiger charge is 2.21. The lowest BCUT2D eigenvalue weighted by Crippen LogP contribution is -2.19. The lowest BCUT2D eigenvalue weighted by molar-refractivity contribution is 0.546. The van der Waals surface area contributed by atoms with E-state index in [0.717, 1.165) is 0 Å². The SMILES string of the molecule is Cc1c(N)nc(C(C)(C)C)nc1Nc1c(F)cccc1F. The number of aromatic nitrogens is 2. The number of nitrogens with one attached hydrogen (secondary N) is 1. The highest BCUT2D eigenvalue weighted by Crippen LogP contribution is 2.28. The highest BCUT2D eigenvalue weighted by molar-refractivity contribution is 5.64. The molecule has 2 rings (SSSR count). The molecule has 0 fully saturated rings. The predicted octanol–water partition coefficient (Wildman–Crippen LogP) is 3.69. The molecule has 0 bridgehead atoms. The summed E-state index contributed by atoms with van der Waals surface area (Å²) < 4.78 is 27.5. The van der Waals surface area contributed by atoms with Gasteiger partial charge in [0.15, 0.2) is 0 Å². The van der Waals surface area contributed by atoms with Crippen LogP contribution in [0.15, 0.2) is 18.2 Å². The van der Waals surface area contributed by atoms with Crippen molar-refractivity contribution < 1.29 is 8.78 Å². The van der Waals surface area contributed by atoms with Gasteiger partial charge < -0.3 is 11.1 Å². The lowest BCUT2D eigenvalue weighted by Gasteiger charge is -2.20. The van der Waals surface area contributed by atoms with Gasteiger partial charge in [0.1, 0.15) is 34.8 Å². The second-order valence-electron chi connectivity index (χ2n) is 5.88. The molecule has 0 saturated heterocycles. The number of halogens is 2. The molecule has 1 heterocycles. The van der Waals surface area contributed by atoms with Crippen LogP contribution < -0.4 is 11.1 Å². The second kappa shape index (κ2) is 5.27. The molecule has 0 aliphatic heterocycles. The zero-order chi connectivity index (χ0) is 15.8. The van der Waals surface area contributed by atoms with Crippen molar-refractivity contribution in [1.29, 1.82) is 0 Å². The molecule has 0 aliphatic rings. The fraction of sp³-hybridized carbons (Fsp3) is 0.333. The van der Waals surface area contributed by atoms with E-state index in [1.54, 1.807) is 6.92 Å². The summed E-state index contributed by atoms with van der Waals surface area (Å²) >= 11 is 0. The summed E-state index contributed by atoms with van der Waals surface area (Å²) in [5.74, 6) is -0.289. The van der Waals surface area contributed by atoms with Gasteiger partial charge in [-0.1, -0.05) is 26.8 Å². The van der Waals surface area contributed by atoms with E-state index in [9.17, 15) is 8.78 Å². The first-order valence-electron chi connectivity index (χ1n) is 6.56. The smallest absolute Gasteiger partial charge is 0.149 e. The molecule has 3 N–H and O–H groups in total. The maximum atomic E-state index is 13.7. The molecule has 0 saturated carbocycles. The highest BCUT2D eigenvalue weighted by atomic mass is 19.1. The van der Waals surface area contributed by atoms with Gasteiger partial charge in [-0.05, 0) is 19.1 Å². The molecule has 1 aromatic carbocycles. The van der Waals surface area contributed by atoms with E-state index < -0.39 is 11.6 Å². The number of benzene rings is 1. The van der Waals surface area contributed by atoms with E-state index in [4.69, 9.17) is 5.73 Å². The molecule has 4 nitrogen and oxygen atoms in total. The Balaban J connectivity index is 2.52. The largest absolute Gasteiger partial charge is 0.383 e. The molecule has 0 amide bonds. The fourth-order valence-corrected chi connectivity index (χ4v) is 1.73. The van der Waals surface area contributed by atoms with Gasteiger partial charge in [-0.25, -0.2) is 18.7 Å². The van der Waals surface area contributed by atoms with Gasteiger partial charge in [0, 0.05) is 11.0 Å². The van der Waals surface area contributed by atoms with E-state index in [2.05, 4.69) is 15.3 Å². The van der Waals surface area contributed by atoms with E-state index in [1.807, 2.05) is 20.8 Å². The summed E-state index contributed by atoms with van der Waals surface area (Å²) in [7, 11) is 0. The van der Waals surface area contributed by atoms with Gasteiger partial charge in [0.25, 0.3) is 0 Å². The third-order valence-electron chi connectivity index (χ3n) is 3.06. The predicted molar refractivity (Wildman–Crippen MR) is 79.5 cm³/mol. The molecule has 0 aliphatic carbocycles. The number of nitrogens with zero attached hydrogens (tertiary/aromatic N) is 2. The molecule has 0 atom stereocenters. The van der Waals surface area contributed by atoms with Gasteiger partial charge in [-0.2, -0.15) is 0 Å². The van der Waals surface area contributed by atoms with Crippen molar-refractivity contribution in [3.63, 3.8) is 0 Å². The summed E-state index contributed by atoms with van der Waals surface area (Å²) in [4.78, 5) is 8.58. The maximum absolute atomic E-state index is 13.7. The van der Waals surface area contributed by atoms with Crippen molar-refractivity contribution >= 4 is 17.3 Å². The van der Waals surface area contributed by atoms with Crippen molar-refractivity contribution in [3.05, 3.63) is 41.2 Å². The van der Waals surface area contributed by atoms with Gasteiger partial charge >= 0.3 is 0 Å². The average molecular weight is 292 g/mol. The Morgan fingerprint density at radius 3 is 2.19 bits per heavy atom. The van der Waals surface area contributed by atoms with E-state index in [-0.39, 0.29) is 16.9 Å². The van der Waals surface area contributed by atoms with Gasteiger partial charge in [-0.3, -0.25) is 0 Å². The van der Waals surface area contributed by atoms with Crippen LogP contribution in [0.3, 0.4) is 0 Å². The summed E-state index contributed by atoms with van der Waals surface area (Å²) in [5, 5.41) is 2.68. The minimum atomic E-state index is -0.691. The zero-order valence-electron chi connectivity index (χ0n) is 12.5. The number of nitrogens with two attached hydrogens (primary N) is 1. The Bertz CT molecular complexity index is 658. The first kappa shape index (κ1) is 15.2. The summed E-state index contributed by atoms with van der Waals surface area (Å²) in [6, 6.07) is 3.66. The number of nitrogen functional groups attached to an aromatic ring is 1. The fourth-order valence-electron chi connectivity index (χ4n) is 1.73. The van der Waals surface area contributed by atoms with Crippen molar-refractivity contribution in [2.45, 2.75) is 33.1 Å². The Kier molecular flexibility index (Phi) is 3.80. The first-order chi connectivity index (χ1) is 9.70. The van der Waals surface area contributed by atoms with Crippen LogP contribution in [0.5, 0.6) is 0 Å². The van der Waals surface area contributed by atoms with Crippen LogP contribution in [0.2, 0.25) is 0 Å². The van der Waals surface area contributed by atoms with Gasteiger partial charge in [-0.15, -0.1) is 0 Å². The molecule has 6 heteroatoms. The van der Waals surface area contributed by atoms with Crippen molar-refractivity contribution in [1.82, 2.24) is 9.97 Å². The molecule has 0 radical (unpaired) electrons. The van der Waals surface area contributed by atoms with Crippen LogP contribution in [0.25, 0.3) is 0 Å². The van der Waals surface area contributed by atoms with Gasteiger partial charge in [0.2, 0.25) is 0 Å². The van der Waals surface area contributed by atoms with E-state index in [1.165, 1.54) is 18.2 Å². The van der Waals surface area contributed by atoms with Crippen molar-refractivity contribution in [2.75, 3.05) is 11.1 Å². The molecule has 21 heavy (non-hydrogen) atoms. The van der Waals surface area contributed by atoms with Gasteiger partial charge in [0.05, 0.1) is 0 Å². The molecule has 112 valence electrons. The van der Waals surface area contributed by atoms with Crippen LogP contribution in [0.1, 0.15) is 32.2 Å². The number of rotatable bonds is 2. The Morgan fingerprint density at radius 2 is 1.67 bits per heavy atom. The van der Waals surface area contributed by atoms with Crippen LogP contribution >= 0.6 is 0 Å². The standard InChI is InChI=1S/C15H18F2N4/c1-8-12(18)20-14(15(2,3)4)21-13(8)19-11-9(16)6-5-7-10(11)17/h5-7H,1-4H3,(H3,18,19,20,21). The molecule has 1 aromatic heterocycles. The molecule has 0 spiro atoms. The third-order valence-corrected chi connectivity index (χ3v) is 3.06. The summed E-state index contributed by atoms with van der Waals surface area (Å²) in [6.45, 7) is 7.50. The van der Waals surface area contributed by atoms with Crippen LogP contribution in [0.4, 0.5) is 26.1 Å². The topological polar surface area (TPSA) is 63.8 Å². The summed E-state index contributed by atoms with van der Waals surface area (Å²) in [5.41, 5.74) is 5.84. The van der Waals surface area contributed by atoms with E-state index in [0.29, 0.717) is 17.2 Å². The molecule has 0 unspecified atom stereocenters. The third kappa shape index (κ3) is 3.09. The first-order valence-corrected chi connectivity index (χ1v) is 6.56. The monoisotopic (exact) mass is 292 g/mol. The maximum Gasteiger partial charge on any atom is 0.149 e. The normalized spacial score (nSPS) is 11.5. The zero-order valence-corrected chi connectivity index (χ0v) is 12.5. The molecular formula is C15H18F2N4. The van der Waals surface area contributed by atoms with Crippen molar-refractivity contribution in [3.8, 4) is 0 Å².